The number of benzene rings is 1. The van der Waals surface area contributed by atoms with Crippen LogP contribution in [-0.2, 0) is 20.7 Å². The maximum atomic E-state index is 11.8. The van der Waals surface area contributed by atoms with Gasteiger partial charge in [0.25, 0.3) is 0 Å². The van der Waals surface area contributed by atoms with Crippen LogP contribution >= 0.6 is 0 Å². The van der Waals surface area contributed by atoms with E-state index in [2.05, 4.69) is 11.4 Å². The van der Waals surface area contributed by atoms with Crippen molar-refractivity contribution in [2.75, 3.05) is 7.11 Å². The molecule has 106 valence electrons. The second kappa shape index (κ2) is 7.29. The lowest BCUT2D eigenvalue weighted by Gasteiger charge is -2.18. The van der Waals surface area contributed by atoms with Crippen LogP contribution in [-0.4, -0.2) is 25.0 Å². The molecule has 5 nitrogen and oxygen atoms in total. The maximum absolute atomic E-state index is 11.8. The van der Waals surface area contributed by atoms with Crippen molar-refractivity contribution in [1.29, 1.82) is 5.26 Å². The molecule has 1 amide bonds. The van der Waals surface area contributed by atoms with E-state index in [9.17, 15) is 9.59 Å². The van der Waals surface area contributed by atoms with Crippen molar-refractivity contribution in [2.24, 2.45) is 5.92 Å². The van der Waals surface area contributed by atoms with Crippen LogP contribution in [0, 0.1) is 17.2 Å². The first-order valence-corrected chi connectivity index (χ1v) is 6.35. The highest BCUT2D eigenvalue weighted by molar-refractivity contribution is 5.85. The van der Waals surface area contributed by atoms with Crippen molar-refractivity contribution in [2.45, 2.75) is 26.3 Å². The molecule has 0 saturated carbocycles. The molecule has 0 aliphatic rings. The Balaban J connectivity index is 2.93. The largest absolute Gasteiger partial charge is 0.467 e. The molecule has 0 fully saturated rings. The molecular formula is C15H18N2O3. The summed E-state index contributed by atoms with van der Waals surface area (Å²) in [5, 5.41) is 11.7. The van der Waals surface area contributed by atoms with E-state index in [1.54, 1.807) is 38.1 Å². The van der Waals surface area contributed by atoms with Gasteiger partial charge in [0.1, 0.15) is 6.04 Å². The second-order valence-electron chi connectivity index (χ2n) is 4.71. The lowest BCUT2D eigenvalue weighted by Crippen LogP contribution is -2.44. The van der Waals surface area contributed by atoms with Crippen LogP contribution in [0.25, 0.3) is 0 Å². The molecule has 0 heterocycles. The highest BCUT2D eigenvalue weighted by Crippen LogP contribution is 2.11. The van der Waals surface area contributed by atoms with E-state index in [1.165, 1.54) is 7.11 Å². The summed E-state index contributed by atoms with van der Waals surface area (Å²) in [6.07, 6.45) is 0.231. The molecule has 0 aliphatic carbocycles. The van der Waals surface area contributed by atoms with Gasteiger partial charge in [-0.3, -0.25) is 4.79 Å². The summed E-state index contributed by atoms with van der Waals surface area (Å²) >= 11 is 0. The molecule has 0 spiro atoms. The van der Waals surface area contributed by atoms with Gasteiger partial charge in [-0.05, 0) is 11.6 Å². The molecule has 1 rings (SSSR count). The normalized spacial score (nSPS) is 11.6. The molecule has 0 radical (unpaired) electrons. The summed E-state index contributed by atoms with van der Waals surface area (Å²) in [5.74, 6) is -0.977. The Morgan fingerprint density at radius 2 is 2.00 bits per heavy atom. The minimum Gasteiger partial charge on any atom is -0.467 e. The van der Waals surface area contributed by atoms with E-state index in [0.717, 1.165) is 0 Å². The summed E-state index contributed by atoms with van der Waals surface area (Å²) in [5.41, 5.74) is 1.19. The topological polar surface area (TPSA) is 79.2 Å². The Morgan fingerprint density at radius 3 is 2.55 bits per heavy atom. The number of amides is 1. The number of hydrogen-bond donors (Lipinski definition) is 1. The van der Waals surface area contributed by atoms with Crippen LogP contribution in [0.4, 0.5) is 0 Å². The third-order valence-electron chi connectivity index (χ3n) is 2.89. The van der Waals surface area contributed by atoms with Gasteiger partial charge in [0, 0.05) is 12.3 Å². The van der Waals surface area contributed by atoms with Gasteiger partial charge in [0.15, 0.2) is 0 Å². The molecule has 0 saturated heterocycles. The number of carbonyl (C=O) groups excluding carboxylic acids is 2. The van der Waals surface area contributed by atoms with E-state index in [1.807, 2.05) is 0 Å². The third kappa shape index (κ3) is 4.09. The van der Waals surface area contributed by atoms with E-state index in [0.29, 0.717) is 11.1 Å². The van der Waals surface area contributed by atoms with Crippen LogP contribution in [0.1, 0.15) is 25.0 Å². The second-order valence-corrected chi connectivity index (χ2v) is 4.71. The van der Waals surface area contributed by atoms with Crippen molar-refractivity contribution in [3.05, 3.63) is 35.4 Å². The predicted octanol–water partition coefficient (Wildman–Crippen LogP) is 1.41. The van der Waals surface area contributed by atoms with Gasteiger partial charge in [-0.25, -0.2) is 4.79 Å². The summed E-state index contributed by atoms with van der Waals surface area (Å²) in [6, 6.07) is 8.25. The molecule has 1 atom stereocenters. The lowest BCUT2D eigenvalue weighted by molar-refractivity contribution is -0.145. The Bertz CT molecular complexity index is 532. The average Bonchev–Trinajstić information content (AvgIpc) is 2.45. The number of nitriles is 1. The van der Waals surface area contributed by atoms with Crippen LogP contribution in [0.15, 0.2) is 24.3 Å². The highest BCUT2D eigenvalue weighted by atomic mass is 16.5. The summed E-state index contributed by atoms with van der Waals surface area (Å²) < 4.78 is 4.70. The monoisotopic (exact) mass is 274 g/mol. The fourth-order valence-corrected chi connectivity index (χ4v) is 1.70. The standard InChI is InChI=1S/C15H18N2O3/c1-10(2)14(18)17-13(15(19)20-3)8-11-6-4-5-7-12(11)9-16/h4-7,10,13H,8H2,1-3H3,(H,17,18)/t13-/m0/s1. The summed E-state index contributed by atoms with van der Waals surface area (Å²) in [6.45, 7) is 3.49. The first-order valence-electron chi connectivity index (χ1n) is 6.35. The number of nitrogens with one attached hydrogen (secondary N) is 1. The lowest BCUT2D eigenvalue weighted by atomic mass is 10.0. The predicted molar refractivity (Wildman–Crippen MR) is 73.6 cm³/mol. The quantitative estimate of drug-likeness (QED) is 0.823. The van der Waals surface area contributed by atoms with Crippen LogP contribution in [0.5, 0.6) is 0 Å². The first kappa shape index (κ1) is 15.7. The summed E-state index contributed by atoms with van der Waals surface area (Å²) in [7, 11) is 1.27. The van der Waals surface area contributed by atoms with Gasteiger partial charge in [-0.2, -0.15) is 5.26 Å². The molecule has 20 heavy (non-hydrogen) atoms. The highest BCUT2D eigenvalue weighted by Gasteiger charge is 2.23. The Kier molecular flexibility index (Phi) is 5.73. The van der Waals surface area contributed by atoms with Gasteiger partial charge in [-0.1, -0.05) is 32.0 Å². The maximum Gasteiger partial charge on any atom is 0.328 e. The minimum absolute atomic E-state index is 0.227. The van der Waals surface area contributed by atoms with Crippen molar-refractivity contribution in [1.82, 2.24) is 5.32 Å². The minimum atomic E-state index is -0.788. The fraction of sp³-hybridized carbons (Fsp3) is 0.400. The van der Waals surface area contributed by atoms with Crippen molar-refractivity contribution in [3.8, 4) is 6.07 Å². The zero-order chi connectivity index (χ0) is 15.1. The zero-order valence-electron chi connectivity index (χ0n) is 11.8. The number of methoxy groups -OCH3 is 1. The number of hydrogen-bond acceptors (Lipinski definition) is 4. The van der Waals surface area contributed by atoms with Crippen molar-refractivity contribution in [3.63, 3.8) is 0 Å². The molecule has 1 aromatic rings. The molecule has 1 N–H and O–H groups in total. The van der Waals surface area contributed by atoms with Crippen LogP contribution in [0.3, 0.4) is 0 Å². The average molecular weight is 274 g/mol. The SMILES string of the molecule is COC(=O)[C@H](Cc1ccccc1C#N)NC(=O)C(C)C. The third-order valence-corrected chi connectivity index (χ3v) is 2.89. The van der Waals surface area contributed by atoms with E-state index < -0.39 is 12.0 Å². The Hall–Kier alpha value is -2.35. The molecule has 0 aromatic heterocycles. The van der Waals surface area contributed by atoms with E-state index in [-0.39, 0.29) is 18.2 Å². The van der Waals surface area contributed by atoms with E-state index >= 15 is 0 Å². The van der Waals surface area contributed by atoms with Gasteiger partial charge in [0.2, 0.25) is 5.91 Å². The number of esters is 1. The number of nitrogens with zero attached hydrogens (tertiary/aromatic N) is 1. The first-order chi connectivity index (χ1) is 9.49. The van der Waals surface area contributed by atoms with Gasteiger partial charge < -0.3 is 10.1 Å². The molecular weight excluding hydrogens is 256 g/mol. The van der Waals surface area contributed by atoms with Crippen molar-refractivity contribution >= 4 is 11.9 Å². The number of carbonyl (C=O) groups is 2. The Labute approximate surface area is 118 Å². The smallest absolute Gasteiger partial charge is 0.328 e. The van der Waals surface area contributed by atoms with Gasteiger partial charge in [0.05, 0.1) is 18.7 Å². The van der Waals surface area contributed by atoms with Crippen LogP contribution in [0.2, 0.25) is 0 Å². The van der Waals surface area contributed by atoms with Crippen molar-refractivity contribution < 1.29 is 14.3 Å². The molecule has 0 aliphatic heterocycles. The number of ether oxygens (including phenoxy) is 1. The van der Waals surface area contributed by atoms with Gasteiger partial charge in [-0.15, -0.1) is 0 Å². The van der Waals surface area contributed by atoms with Crippen LogP contribution < -0.4 is 5.32 Å². The Morgan fingerprint density at radius 1 is 1.35 bits per heavy atom. The van der Waals surface area contributed by atoms with Gasteiger partial charge >= 0.3 is 5.97 Å². The molecule has 1 aromatic carbocycles. The fourth-order valence-electron chi connectivity index (χ4n) is 1.70. The van der Waals surface area contributed by atoms with E-state index in [4.69, 9.17) is 10.00 Å². The molecule has 5 heteroatoms. The number of rotatable bonds is 5. The summed E-state index contributed by atoms with van der Waals surface area (Å²) in [4.78, 5) is 23.5. The molecule has 0 bridgehead atoms. The molecule has 0 unspecified atom stereocenters. The zero-order valence-corrected chi connectivity index (χ0v) is 11.8.